The average Bonchev–Trinajstić information content (AvgIpc) is 2.38. The Morgan fingerprint density at radius 1 is 1.37 bits per heavy atom. The minimum atomic E-state index is -0.661. The Kier molecular flexibility index (Phi) is 4.48. The highest BCUT2D eigenvalue weighted by Gasteiger charge is 2.37. The predicted molar refractivity (Wildman–Crippen MR) is 77.9 cm³/mol. The van der Waals surface area contributed by atoms with Crippen LogP contribution in [-0.2, 0) is 11.3 Å². The lowest BCUT2D eigenvalue weighted by atomic mass is 9.81. The molecule has 1 aromatic rings. The standard InChI is InChI=1S/C15H21ClN2O/c1-18(11-12-6-5-7-13(16)10-12)14(19)15(17)8-3-2-4-9-15/h5-7,10H,2-4,8-9,11,17H2,1H3. The Labute approximate surface area is 119 Å². The van der Waals surface area contributed by atoms with Crippen LogP contribution in [0.15, 0.2) is 24.3 Å². The number of rotatable bonds is 3. The number of carbonyl (C=O) groups is 1. The largest absolute Gasteiger partial charge is 0.340 e. The minimum absolute atomic E-state index is 0.0483. The molecule has 0 unspecified atom stereocenters. The molecule has 1 fully saturated rings. The lowest BCUT2D eigenvalue weighted by molar-refractivity contribution is -0.137. The van der Waals surface area contributed by atoms with E-state index in [9.17, 15) is 4.79 Å². The highest BCUT2D eigenvalue weighted by atomic mass is 35.5. The zero-order valence-electron chi connectivity index (χ0n) is 11.4. The number of hydrogen-bond donors (Lipinski definition) is 1. The first-order valence-corrected chi connectivity index (χ1v) is 7.18. The van der Waals surface area contributed by atoms with Crippen molar-refractivity contribution >= 4 is 17.5 Å². The summed E-state index contributed by atoms with van der Waals surface area (Å²) in [5.41, 5.74) is 6.64. The molecule has 0 atom stereocenters. The van der Waals surface area contributed by atoms with Crippen molar-refractivity contribution in [3.63, 3.8) is 0 Å². The van der Waals surface area contributed by atoms with E-state index in [0.29, 0.717) is 11.6 Å². The predicted octanol–water partition coefficient (Wildman–Crippen LogP) is 2.96. The summed E-state index contributed by atoms with van der Waals surface area (Å²) in [4.78, 5) is 14.2. The molecule has 0 aliphatic heterocycles. The highest BCUT2D eigenvalue weighted by Crippen LogP contribution is 2.28. The van der Waals surface area contributed by atoms with Gasteiger partial charge in [0, 0.05) is 18.6 Å². The number of amides is 1. The Hall–Kier alpha value is -1.06. The van der Waals surface area contributed by atoms with Crippen molar-refractivity contribution in [2.24, 2.45) is 5.73 Å². The molecule has 19 heavy (non-hydrogen) atoms. The highest BCUT2D eigenvalue weighted by molar-refractivity contribution is 6.30. The number of nitrogens with two attached hydrogens (primary N) is 1. The summed E-state index contributed by atoms with van der Waals surface area (Å²) in [6, 6.07) is 7.59. The molecule has 3 nitrogen and oxygen atoms in total. The first kappa shape index (κ1) is 14.4. The Morgan fingerprint density at radius 3 is 2.68 bits per heavy atom. The van der Waals surface area contributed by atoms with Crippen LogP contribution in [0.5, 0.6) is 0 Å². The second kappa shape index (κ2) is 5.93. The monoisotopic (exact) mass is 280 g/mol. The summed E-state index contributed by atoms with van der Waals surface area (Å²) >= 11 is 5.96. The molecular weight excluding hydrogens is 260 g/mol. The summed E-state index contributed by atoms with van der Waals surface area (Å²) in [7, 11) is 1.81. The van der Waals surface area contributed by atoms with Crippen molar-refractivity contribution in [3.8, 4) is 0 Å². The zero-order chi connectivity index (χ0) is 13.9. The molecule has 0 bridgehead atoms. The van der Waals surface area contributed by atoms with Crippen LogP contribution in [0.4, 0.5) is 0 Å². The van der Waals surface area contributed by atoms with Gasteiger partial charge in [-0.2, -0.15) is 0 Å². The fourth-order valence-corrected chi connectivity index (χ4v) is 2.97. The van der Waals surface area contributed by atoms with Crippen molar-refractivity contribution in [1.29, 1.82) is 0 Å². The smallest absolute Gasteiger partial charge is 0.242 e. The topological polar surface area (TPSA) is 46.3 Å². The Balaban J connectivity index is 2.03. The van der Waals surface area contributed by atoms with Gasteiger partial charge in [-0.1, -0.05) is 43.0 Å². The van der Waals surface area contributed by atoms with Crippen LogP contribution in [-0.4, -0.2) is 23.4 Å². The first-order chi connectivity index (χ1) is 9.01. The van der Waals surface area contributed by atoms with Crippen LogP contribution in [0.3, 0.4) is 0 Å². The molecule has 1 aliphatic rings. The third kappa shape index (κ3) is 3.48. The molecule has 4 heteroatoms. The maximum absolute atomic E-state index is 12.5. The maximum Gasteiger partial charge on any atom is 0.242 e. The van der Waals surface area contributed by atoms with Gasteiger partial charge < -0.3 is 10.6 Å². The van der Waals surface area contributed by atoms with Gasteiger partial charge in [-0.3, -0.25) is 4.79 Å². The van der Waals surface area contributed by atoms with Gasteiger partial charge in [0.15, 0.2) is 0 Å². The van der Waals surface area contributed by atoms with Crippen molar-refractivity contribution < 1.29 is 4.79 Å². The van der Waals surface area contributed by atoms with Gasteiger partial charge in [0.05, 0.1) is 5.54 Å². The lowest BCUT2D eigenvalue weighted by Gasteiger charge is -2.35. The number of likely N-dealkylation sites (N-methyl/N-ethyl adjacent to an activating group) is 1. The average molecular weight is 281 g/mol. The van der Waals surface area contributed by atoms with Crippen molar-refractivity contribution in [1.82, 2.24) is 4.90 Å². The number of nitrogens with zero attached hydrogens (tertiary/aromatic N) is 1. The van der Waals surface area contributed by atoms with E-state index in [1.807, 2.05) is 31.3 Å². The molecule has 1 aromatic carbocycles. The third-order valence-electron chi connectivity index (χ3n) is 3.83. The van der Waals surface area contributed by atoms with Gasteiger partial charge in [-0.05, 0) is 30.5 Å². The zero-order valence-corrected chi connectivity index (χ0v) is 12.1. The summed E-state index contributed by atoms with van der Waals surface area (Å²) in [5.74, 6) is 0.0483. The summed E-state index contributed by atoms with van der Waals surface area (Å²) in [6.07, 6.45) is 4.88. The molecule has 1 aliphatic carbocycles. The normalized spacial score (nSPS) is 18.1. The maximum atomic E-state index is 12.5. The van der Waals surface area contributed by atoms with E-state index in [1.54, 1.807) is 4.90 Å². The van der Waals surface area contributed by atoms with Gasteiger partial charge in [-0.15, -0.1) is 0 Å². The van der Waals surface area contributed by atoms with Gasteiger partial charge in [-0.25, -0.2) is 0 Å². The van der Waals surface area contributed by atoms with Crippen molar-refractivity contribution in [2.45, 2.75) is 44.2 Å². The molecule has 0 aromatic heterocycles. The summed E-state index contributed by atoms with van der Waals surface area (Å²) in [6.45, 7) is 0.554. The SMILES string of the molecule is CN(Cc1cccc(Cl)c1)C(=O)C1(N)CCCCC1. The van der Waals surface area contributed by atoms with Gasteiger partial charge in [0.1, 0.15) is 0 Å². The molecule has 0 radical (unpaired) electrons. The van der Waals surface area contributed by atoms with Crippen LogP contribution in [0.2, 0.25) is 5.02 Å². The van der Waals surface area contributed by atoms with E-state index in [1.165, 1.54) is 6.42 Å². The molecule has 0 saturated heterocycles. The molecule has 2 N–H and O–H groups in total. The van der Waals surface area contributed by atoms with E-state index < -0.39 is 5.54 Å². The van der Waals surface area contributed by atoms with Crippen LogP contribution in [0.1, 0.15) is 37.7 Å². The summed E-state index contributed by atoms with van der Waals surface area (Å²) < 4.78 is 0. The van der Waals surface area contributed by atoms with Crippen LogP contribution >= 0.6 is 11.6 Å². The van der Waals surface area contributed by atoms with E-state index in [4.69, 9.17) is 17.3 Å². The number of benzene rings is 1. The third-order valence-corrected chi connectivity index (χ3v) is 4.06. The van der Waals surface area contributed by atoms with Gasteiger partial charge in [0.25, 0.3) is 0 Å². The van der Waals surface area contributed by atoms with Gasteiger partial charge in [0.2, 0.25) is 5.91 Å². The number of halogens is 1. The molecule has 1 amide bonds. The minimum Gasteiger partial charge on any atom is -0.340 e. The van der Waals surface area contributed by atoms with E-state index in [2.05, 4.69) is 0 Å². The van der Waals surface area contributed by atoms with E-state index in [-0.39, 0.29) is 5.91 Å². The molecular formula is C15H21ClN2O. The van der Waals surface area contributed by atoms with Crippen LogP contribution in [0, 0.1) is 0 Å². The molecule has 0 spiro atoms. The summed E-state index contributed by atoms with van der Waals surface area (Å²) in [5, 5.41) is 0.693. The Morgan fingerprint density at radius 2 is 2.05 bits per heavy atom. The van der Waals surface area contributed by atoms with Crippen LogP contribution in [0.25, 0.3) is 0 Å². The Bertz CT molecular complexity index is 455. The van der Waals surface area contributed by atoms with E-state index >= 15 is 0 Å². The van der Waals surface area contributed by atoms with E-state index in [0.717, 1.165) is 31.2 Å². The molecule has 0 heterocycles. The fourth-order valence-electron chi connectivity index (χ4n) is 2.76. The fraction of sp³-hybridized carbons (Fsp3) is 0.533. The number of hydrogen-bond acceptors (Lipinski definition) is 2. The second-order valence-electron chi connectivity index (χ2n) is 5.51. The first-order valence-electron chi connectivity index (χ1n) is 6.80. The quantitative estimate of drug-likeness (QED) is 0.925. The lowest BCUT2D eigenvalue weighted by Crippen LogP contribution is -2.55. The second-order valence-corrected chi connectivity index (χ2v) is 5.94. The van der Waals surface area contributed by atoms with Crippen molar-refractivity contribution in [2.75, 3.05) is 7.05 Å². The van der Waals surface area contributed by atoms with Crippen molar-refractivity contribution in [3.05, 3.63) is 34.9 Å². The van der Waals surface area contributed by atoms with Gasteiger partial charge >= 0.3 is 0 Å². The molecule has 104 valence electrons. The van der Waals surface area contributed by atoms with Crippen LogP contribution < -0.4 is 5.73 Å². The number of carbonyl (C=O) groups excluding carboxylic acids is 1. The molecule has 1 saturated carbocycles. The molecule has 2 rings (SSSR count).